The van der Waals surface area contributed by atoms with Gasteiger partial charge in [-0.1, -0.05) is 6.07 Å². The highest BCUT2D eigenvalue weighted by molar-refractivity contribution is 9.10. The van der Waals surface area contributed by atoms with Crippen LogP contribution in [0.25, 0.3) is 0 Å². The Labute approximate surface area is 231 Å². The molecule has 0 unspecified atom stereocenters. The molecular weight excluding hydrogens is 574 g/mol. The minimum atomic E-state index is -1.18. The van der Waals surface area contributed by atoms with Crippen LogP contribution in [0.3, 0.4) is 0 Å². The first-order valence-corrected chi connectivity index (χ1v) is 13.0. The molecule has 2 aliphatic heterocycles. The van der Waals surface area contributed by atoms with Crippen molar-refractivity contribution in [1.82, 2.24) is 0 Å². The first-order valence-electron chi connectivity index (χ1n) is 12.2. The van der Waals surface area contributed by atoms with Gasteiger partial charge in [-0.05, 0) is 77.8 Å². The van der Waals surface area contributed by atoms with Gasteiger partial charge in [-0.15, -0.1) is 0 Å². The number of carbonyl (C=O) groups is 2. The third-order valence-corrected chi connectivity index (χ3v) is 7.11. The number of nitrogens with zero attached hydrogens (tertiary/aromatic N) is 3. The molecule has 2 fully saturated rings. The number of amides is 2. The van der Waals surface area contributed by atoms with E-state index in [-0.39, 0.29) is 23.8 Å². The Hall–Kier alpha value is -4.16. The summed E-state index contributed by atoms with van der Waals surface area (Å²) >= 11 is 3.34. The standard InChI is InChI=1S/C27H24BrN3O8/c1-3-37-19-10-8-16(9-11-19)29-26(33)22-23(15-12-20(28)24(32)21(13-15)38-4-2)30(39-25(22)27(29)34)17-6-5-7-18(14-17)31(35)36/h5-14,22-23,25,32H,3-4H2,1-2H3/t22-,23-,25-/m0/s1. The van der Waals surface area contributed by atoms with Gasteiger partial charge in [0.05, 0.1) is 40.0 Å². The molecule has 2 aliphatic rings. The Morgan fingerprint density at radius 1 is 1.00 bits per heavy atom. The summed E-state index contributed by atoms with van der Waals surface area (Å²) in [4.78, 5) is 45.5. The smallest absolute Gasteiger partial charge is 0.271 e. The second-order valence-corrected chi connectivity index (χ2v) is 9.68. The first-order chi connectivity index (χ1) is 18.7. The number of hydroxylamine groups is 1. The molecule has 0 saturated carbocycles. The molecule has 0 aliphatic carbocycles. The van der Waals surface area contributed by atoms with E-state index in [1.54, 1.807) is 49.4 Å². The number of carbonyl (C=O) groups excluding carboxylic acids is 2. The second-order valence-electron chi connectivity index (χ2n) is 8.82. The highest BCUT2D eigenvalue weighted by atomic mass is 79.9. The molecular formula is C27H24BrN3O8. The predicted octanol–water partition coefficient (Wildman–Crippen LogP) is 4.91. The van der Waals surface area contributed by atoms with Crippen LogP contribution in [0, 0.1) is 16.0 Å². The SMILES string of the molecule is CCOc1ccc(N2C(=O)[C@@H]3[C@H](ON(c4cccc([N+](=O)[O-])c4)[C@H]3c3cc(Br)c(O)c(OCC)c3)C2=O)cc1. The van der Waals surface area contributed by atoms with Gasteiger partial charge in [0.15, 0.2) is 17.6 Å². The summed E-state index contributed by atoms with van der Waals surface area (Å²) < 4.78 is 11.4. The van der Waals surface area contributed by atoms with Crippen molar-refractivity contribution in [3.63, 3.8) is 0 Å². The van der Waals surface area contributed by atoms with E-state index in [0.717, 1.165) is 4.90 Å². The largest absolute Gasteiger partial charge is 0.503 e. The topological polar surface area (TPSA) is 132 Å². The minimum Gasteiger partial charge on any atom is -0.503 e. The maximum atomic E-state index is 13.9. The lowest BCUT2D eigenvalue weighted by Gasteiger charge is -2.29. The average molecular weight is 598 g/mol. The molecule has 2 heterocycles. The Morgan fingerprint density at radius 2 is 1.72 bits per heavy atom. The van der Waals surface area contributed by atoms with Crippen molar-refractivity contribution in [2.24, 2.45) is 5.92 Å². The van der Waals surface area contributed by atoms with E-state index >= 15 is 0 Å². The number of non-ortho nitro benzene ring substituents is 1. The van der Waals surface area contributed by atoms with Crippen molar-refractivity contribution < 1.29 is 33.9 Å². The van der Waals surface area contributed by atoms with E-state index in [0.29, 0.717) is 33.8 Å². The number of benzene rings is 3. The van der Waals surface area contributed by atoms with Gasteiger partial charge in [-0.3, -0.25) is 24.5 Å². The predicted molar refractivity (Wildman–Crippen MR) is 144 cm³/mol. The summed E-state index contributed by atoms with van der Waals surface area (Å²) in [6, 6.07) is 14.6. The molecule has 3 atom stereocenters. The van der Waals surface area contributed by atoms with Crippen LogP contribution in [0.4, 0.5) is 17.1 Å². The van der Waals surface area contributed by atoms with Gasteiger partial charge in [0.25, 0.3) is 11.6 Å². The van der Waals surface area contributed by atoms with Crippen molar-refractivity contribution in [3.05, 3.63) is 80.8 Å². The first kappa shape index (κ1) is 26.4. The molecule has 202 valence electrons. The number of phenolic OH excluding ortho intramolecular Hbond substituents is 1. The number of nitro benzene ring substituents is 1. The van der Waals surface area contributed by atoms with Gasteiger partial charge in [0.1, 0.15) is 11.7 Å². The zero-order valence-corrected chi connectivity index (χ0v) is 22.5. The number of rotatable bonds is 8. The van der Waals surface area contributed by atoms with Crippen molar-refractivity contribution in [2.75, 3.05) is 23.2 Å². The highest BCUT2D eigenvalue weighted by Gasteiger charge is 2.60. The number of fused-ring (bicyclic) bond motifs is 1. The molecule has 5 rings (SSSR count). The average Bonchev–Trinajstić information content (AvgIpc) is 3.43. The van der Waals surface area contributed by atoms with Crippen LogP contribution < -0.4 is 19.4 Å². The van der Waals surface area contributed by atoms with Crippen LogP contribution in [-0.2, 0) is 14.4 Å². The van der Waals surface area contributed by atoms with E-state index in [1.807, 2.05) is 6.92 Å². The Balaban J connectivity index is 1.60. The summed E-state index contributed by atoms with van der Waals surface area (Å²) in [5, 5.41) is 23.3. The van der Waals surface area contributed by atoms with E-state index in [4.69, 9.17) is 14.3 Å². The summed E-state index contributed by atoms with van der Waals surface area (Å²) in [5.74, 6) is -1.39. The van der Waals surface area contributed by atoms with E-state index in [9.17, 15) is 24.8 Å². The maximum absolute atomic E-state index is 13.9. The number of phenols is 1. The van der Waals surface area contributed by atoms with Crippen LogP contribution in [0.1, 0.15) is 25.5 Å². The van der Waals surface area contributed by atoms with E-state index in [2.05, 4.69) is 15.9 Å². The monoisotopic (exact) mass is 597 g/mol. The fourth-order valence-corrected chi connectivity index (χ4v) is 5.32. The van der Waals surface area contributed by atoms with Crippen LogP contribution >= 0.6 is 15.9 Å². The molecule has 3 aromatic carbocycles. The number of anilines is 2. The van der Waals surface area contributed by atoms with Crippen molar-refractivity contribution in [2.45, 2.75) is 26.0 Å². The lowest BCUT2D eigenvalue weighted by molar-refractivity contribution is -0.384. The third kappa shape index (κ3) is 4.66. The molecule has 2 saturated heterocycles. The molecule has 0 aromatic heterocycles. The van der Waals surface area contributed by atoms with Crippen LogP contribution in [0.5, 0.6) is 17.2 Å². The zero-order chi connectivity index (χ0) is 27.8. The number of aromatic hydroxyl groups is 1. The van der Waals surface area contributed by atoms with Gasteiger partial charge in [0.2, 0.25) is 5.91 Å². The molecule has 0 radical (unpaired) electrons. The Kier molecular flexibility index (Phi) is 7.15. The molecule has 2 amide bonds. The summed E-state index contributed by atoms with van der Waals surface area (Å²) in [6.07, 6.45) is -1.18. The fraction of sp³-hybridized carbons (Fsp3) is 0.259. The highest BCUT2D eigenvalue weighted by Crippen LogP contribution is 2.50. The minimum absolute atomic E-state index is 0.122. The van der Waals surface area contributed by atoms with Gasteiger partial charge in [-0.25, -0.2) is 9.96 Å². The molecule has 0 bridgehead atoms. The van der Waals surface area contributed by atoms with Crippen LogP contribution in [0.15, 0.2) is 65.1 Å². The van der Waals surface area contributed by atoms with Gasteiger partial charge in [-0.2, -0.15) is 0 Å². The van der Waals surface area contributed by atoms with Crippen LogP contribution in [0.2, 0.25) is 0 Å². The number of hydrogen-bond donors (Lipinski definition) is 1. The van der Waals surface area contributed by atoms with Gasteiger partial charge in [0, 0.05) is 12.1 Å². The Morgan fingerprint density at radius 3 is 2.38 bits per heavy atom. The van der Waals surface area contributed by atoms with Gasteiger partial charge < -0.3 is 14.6 Å². The van der Waals surface area contributed by atoms with Crippen molar-refractivity contribution in [3.8, 4) is 17.2 Å². The quantitative estimate of drug-likeness (QED) is 0.218. The molecule has 1 N–H and O–H groups in total. The number of nitro groups is 1. The molecule has 11 nitrogen and oxygen atoms in total. The Bertz CT molecular complexity index is 1450. The van der Waals surface area contributed by atoms with Crippen molar-refractivity contribution in [1.29, 1.82) is 0 Å². The second kappa shape index (κ2) is 10.5. The van der Waals surface area contributed by atoms with Gasteiger partial charge >= 0.3 is 0 Å². The number of halogens is 1. The van der Waals surface area contributed by atoms with Crippen LogP contribution in [-0.4, -0.2) is 41.2 Å². The van der Waals surface area contributed by atoms with E-state index < -0.39 is 34.8 Å². The molecule has 39 heavy (non-hydrogen) atoms. The fourth-order valence-electron chi connectivity index (χ4n) is 4.86. The maximum Gasteiger partial charge on any atom is 0.271 e. The molecule has 0 spiro atoms. The zero-order valence-electron chi connectivity index (χ0n) is 20.9. The molecule has 3 aromatic rings. The summed E-state index contributed by atoms with van der Waals surface area (Å²) in [7, 11) is 0. The lowest BCUT2D eigenvalue weighted by Crippen LogP contribution is -2.37. The summed E-state index contributed by atoms with van der Waals surface area (Å²) in [5.41, 5.74) is 0.979. The lowest BCUT2D eigenvalue weighted by atomic mass is 9.90. The summed E-state index contributed by atoms with van der Waals surface area (Å²) in [6.45, 7) is 4.36. The molecule has 12 heteroatoms. The van der Waals surface area contributed by atoms with Crippen molar-refractivity contribution >= 4 is 44.8 Å². The normalized spacial score (nSPS) is 20.3. The number of hydrogen-bond acceptors (Lipinski definition) is 9. The number of ether oxygens (including phenoxy) is 2. The van der Waals surface area contributed by atoms with E-state index in [1.165, 1.54) is 23.3 Å². The third-order valence-electron chi connectivity index (χ3n) is 6.51. The number of imide groups is 1.